The lowest BCUT2D eigenvalue weighted by Gasteiger charge is -2.29. The average molecular weight is 495 g/mol. The highest BCUT2D eigenvalue weighted by molar-refractivity contribution is 5.85. The molecule has 0 saturated carbocycles. The van der Waals surface area contributed by atoms with Crippen molar-refractivity contribution in [3.8, 4) is 0 Å². The van der Waals surface area contributed by atoms with E-state index in [0.717, 1.165) is 12.0 Å². The molecule has 192 valence electrons. The first-order chi connectivity index (χ1) is 17.1. The topological polar surface area (TPSA) is 70.8 Å². The van der Waals surface area contributed by atoms with Gasteiger partial charge >= 0.3 is 0 Å². The number of carbonyl (C=O) groups is 2. The lowest BCUT2D eigenvalue weighted by molar-refractivity contribution is -0.141. The van der Waals surface area contributed by atoms with Gasteiger partial charge in [-0.05, 0) is 48.1 Å². The molecule has 0 spiro atoms. The number of amides is 2. The number of rotatable bonds is 11. The zero-order chi connectivity index (χ0) is 26.2. The van der Waals surface area contributed by atoms with E-state index in [1.165, 1.54) is 23.3 Å². The van der Waals surface area contributed by atoms with Crippen LogP contribution in [0.15, 0.2) is 64.0 Å². The quantitative estimate of drug-likeness (QED) is 0.359. The second-order valence-electron chi connectivity index (χ2n) is 10.1. The number of carbonyl (C=O) groups excluding carboxylic acids is 2. The van der Waals surface area contributed by atoms with E-state index >= 15 is 0 Å². The molecule has 0 saturated heterocycles. The number of hydrogen-bond donors (Lipinski definition) is 0. The molecule has 0 aliphatic rings. The maximum atomic E-state index is 13.6. The van der Waals surface area contributed by atoms with Crippen molar-refractivity contribution in [2.24, 2.45) is 11.8 Å². The third kappa shape index (κ3) is 7.51. The highest BCUT2D eigenvalue weighted by Gasteiger charge is 2.23. The van der Waals surface area contributed by atoms with Crippen molar-refractivity contribution in [1.82, 2.24) is 9.80 Å². The fraction of sp³-hybridized carbons (Fsp3) is 0.414. The van der Waals surface area contributed by atoms with Crippen LogP contribution in [0.25, 0.3) is 11.0 Å². The summed E-state index contributed by atoms with van der Waals surface area (Å²) < 4.78 is 19.1. The fourth-order valence-electron chi connectivity index (χ4n) is 3.92. The van der Waals surface area contributed by atoms with Gasteiger partial charge in [-0.2, -0.15) is 0 Å². The smallest absolute Gasteiger partial charge is 0.242 e. The van der Waals surface area contributed by atoms with Crippen molar-refractivity contribution >= 4 is 22.8 Å². The van der Waals surface area contributed by atoms with Crippen LogP contribution in [0.4, 0.5) is 4.39 Å². The molecule has 2 aromatic carbocycles. The van der Waals surface area contributed by atoms with Gasteiger partial charge < -0.3 is 14.2 Å². The van der Waals surface area contributed by atoms with Crippen molar-refractivity contribution in [1.29, 1.82) is 0 Å². The van der Waals surface area contributed by atoms with Gasteiger partial charge in [-0.3, -0.25) is 14.4 Å². The van der Waals surface area contributed by atoms with E-state index < -0.39 is 0 Å². The molecular formula is C29H35FN2O4. The maximum Gasteiger partial charge on any atom is 0.242 e. The van der Waals surface area contributed by atoms with Crippen LogP contribution in [0.3, 0.4) is 0 Å². The van der Waals surface area contributed by atoms with Gasteiger partial charge in [0, 0.05) is 19.5 Å². The van der Waals surface area contributed by atoms with Crippen molar-refractivity contribution in [2.75, 3.05) is 13.1 Å². The largest absolute Gasteiger partial charge is 0.464 e. The molecule has 0 unspecified atom stereocenters. The first-order valence-electron chi connectivity index (χ1n) is 12.4. The summed E-state index contributed by atoms with van der Waals surface area (Å²) in [6.45, 7) is 8.68. The molecule has 0 N–H and O–H groups in total. The molecule has 1 aromatic heterocycles. The van der Waals surface area contributed by atoms with Crippen LogP contribution >= 0.6 is 0 Å². The zero-order valence-electron chi connectivity index (χ0n) is 21.5. The molecule has 0 aliphatic carbocycles. The summed E-state index contributed by atoms with van der Waals surface area (Å²) in [7, 11) is 0. The summed E-state index contributed by atoms with van der Waals surface area (Å²) in [5.74, 6) is -0.164. The van der Waals surface area contributed by atoms with Gasteiger partial charge in [0.25, 0.3) is 0 Å². The molecule has 3 aromatic rings. The van der Waals surface area contributed by atoms with E-state index in [9.17, 15) is 18.8 Å². The Labute approximate surface area is 211 Å². The Balaban J connectivity index is 1.89. The number of nitrogens with zero attached hydrogens (tertiary/aromatic N) is 2. The molecular weight excluding hydrogens is 459 g/mol. The molecule has 36 heavy (non-hydrogen) atoms. The van der Waals surface area contributed by atoms with Crippen LogP contribution in [-0.4, -0.2) is 34.7 Å². The minimum absolute atomic E-state index is 0.0137. The van der Waals surface area contributed by atoms with Gasteiger partial charge in [-0.25, -0.2) is 4.39 Å². The Morgan fingerprint density at radius 2 is 1.58 bits per heavy atom. The van der Waals surface area contributed by atoms with Gasteiger partial charge in [0.1, 0.15) is 11.4 Å². The van der Waals surface area contributed by atoms with E-state index in [-0.39, 0.29) is 48.6 Å². The van der Waals surface area contributed by atoms with Crippen LogP contribution in [0.1, 0.15) is 51.7 Å². The third-order valence-corrected chi connectivity index (χ3v) is 5.99. The molecule has 0 radical (unpaired) electrons. The molecule has 1 heterocycles. The number of halogens is 1. The minimum atomic E-state index is -0.369. The number of benzene rings is 2. The number of hydrogen-bond acceptors (Lipinski definition) is 4. The molecule has 7 heteroatoms. The number of para-hydroxylation sites is 1. The highest BCUT2D eigenvalue weighted by Crippen LogP contribution is 2.16. The second kappa shape index (κ2) is 12.5. The predicted molar refractivity (Wildman–Crippen MR) is 139 cm³/mol. The van der Waals surface area contributed by atoms with Crippen molar-refractivity contribution in [3.63, 3.8) is 0 Å². The first kappa shape index (κ1) is 27.1. The van der Waals surface area contributed by atoms with Crippen molar-refractivity contribution in [2.45, 2.75) is 53.6 Å². The van der Waals surface area contributed by atoms with Gasteiger partial charge in [0.15, 0.2) is 5.43 Å². The van der Waals surface area contributed by atoms with Gasteiger partial charge in [0.05, 0.1) is 30.3 Å². The number of fused-ring (bicyclic) bond motifs is 1. The molecule has 0 aliphatic heterocycles. The van der Waals surface area contributed by atoms with Gasteiger partial charge in [-0.15, -0.1) is 0 Å². The molecule has 0 bridgehead atoms. The highest BCUT2D eigenvalue weighted by atomic mass is 19.1. The molecule has 3 rings (SSSR count). The molecule has 0 atom stereocenters. The zero-order valence-corrected chi connectivity index (χ0v) is 21.5. The van der Waals surface area contributed by atoms with Crippen LogP contribution in [-0.2, 0) is 22.7 Å². The van der Waals surface area contributed by atoms with E-state index in [2.05, 4.69) is 13.8 Å². The monoisotopic (exact) mass is 494 g/mol. The lowest BCUT2D eigenvalue weighted by atomic mass is 10.1. The van der Waals surface area contributed by atoms with E-state index in [1.807, 2.05) is 13.8 Å². The van der Waals surface area contributed by atoms with Crippen LogP contribution in [0, 0.1) is 17.7 Å². The Bertz CT molecular complexity index is 1230. The molecule has 2 amide bonds. The van der Waals surface area contributed by atoms with Gasteiger partial charge in [-0.1, -0.05) is 52.0 Å². The Morgan fingerprint density at radius 3 is 2.25 bits per heavy atom. The second-order valence-corrected chi connectivity index (χ2v) is 10.1. The summed E-state index contributed by atoms with van der Waals surface area (Å²) in [5.41, 5.74) is 1.33. The predicted octanol–water partition coefficient (Wildman–Crippen LogP) is 5.38. The van der Waals surface area contributed by atoms with Gasteiger partial charge in [0.2, 0.25) is 11.8 Å². The van der Waals surface area contributed by atoms with E-state index in [4.69, 9.17) is 4.42 Å². The molecule has 0 fully saturated rings. The minimum Gasteiger partial charge on any atom is -0.464 e. The Morgan fingerprint density at radius 1 is 0.889 bits per heavy atom. The first-order valence-corrected chi connectivity index (χ1v) is 12.4. The summed E-state index contributed by atoms with van der Waals surface area (Å²) in [6, 6.07) is 12.8. The lowest BCUT2D eigenvalue weighted by Crippen LogP contribution is -2.43. The maximum absolute atomic E-state index is 13.6. The standard InChI is InChI=1S/C29H35FN2O4/c1-20(2)13-14-31(27(33)15-21(3)4)18-28(34)32(16-22-9-11-24(30)12-10-22)17-23-19-36-26-8-6-5-7-25(26)29(23)35/h5-12,19-21H,13-18H2,1-4H3. The Kier molecular flexibility index (Phi) is 9.39. The van der Waals surface area contributed by atoms with E-state index in [1.54, 1.807) is 41.3 Å². The van der Waals surface area contributed by atoms with Crippen molar-refractivity contribution in [3.05, 3.63) is 82.0 Å². The Hall–Kier alpha value is -3.48. The molecule has 6 nitrogen and oxygen atoms in total. The van der Waals surface area contributed by atoms with Crippen LogP contribution < -0.4 is 5.43 Å². The fourth-order valence-corrected chi connectivity index (χ4v) is 3.92. The van der Waals surface area contributed by atoms with Crippen LogP contribution in [0.2, 0.25) is 0 Å². The SMILES string of the molecule is CC(C)CCN(CC(=O)N(Cc1ccc(F)cc1)Cc1coc2ccccc2c1=O)C(=O)CC(C)C. The third-order valence-electron chi connectivity index (χ3n) is 5.99. The van der Waals surface area contributed by atoms with Crippen LogP contribution in [0.5, 0.6) is 0 Å². The summed E-state index contributed by atoms with van der Waals surface area (Å²) in [4.78, 5) is 42.7. The summed E-state index contributed by atoms with van der Waals surface area (Å²) in [5, 5.41) is 0.440. The van der Waals surface area contributed by atoms with E-state index in [0.29, 0.717) is 35.4 Å². The normalized spacial score (nSPS) is 11.3. The summed E-state index contributed by atoms with van der Waals surface area (Å²) in [6.07, 6.45) is 2.52. The average Bonchev–Trinajstić information content (AvgIpc) is 2.83. The van der Waals surface area contributed by atoms with Crippen molar-refractivity contribution < 1.29 is 18.4 Å². The summed E-state index contributed by atoms with van der Waals surface area (Å²) >= 11 is 0.